The van der Waals surface area contributed by atoms with Crippen molar-refractivity contribution in [3.05, 3.63) is 0 Å². The van der Waals surface area contributed by atoms with Gasteiger partial charge in [-0.05, 0) is 26.1 Å². The van der Waals surface area contributed by atoms with Crippen LogP contribution in [0.4, 0.5) is 0 Å². The van der Waals surface area contributed by atoms with Crippen molar-refractivity contribution in [2.75, 3.05) is 7.11 Å². The lowest BCUT2D eigenvalue weighted by atomic mass is 10.3. The first-order valence-corrected chi connectivity index (χ1v) is 8.09. The molecular formula is C9H20O2Si. The molecule has 0 aromatic carbocycles. The Hall–Kier alpha value is 0.137. The summed E-state index contributed by atoms with van der Waals surface area (Å²) >= 11 is 0. The molecule has 0 bridgehead atoms. The van der Waals surface area contributed by atoms with Gasteiger partial charge in [-0.2, -0.15) is 0 Å². The molecule has 0 radical (unpaired) electrons. The van der Waals surface area contributed by atoms with E-state index in [2.05, 4.69) is 26.6 Å². The second-order valence-corrected chi connectivity index (χ2v) is 8.97. The normalized spacial score (nSPS) is 35.2. The maximum Gasteiger partial charge on any atom is 0.187 e. The van der Waals surface area contributed by atoms with E-state index in [-0.39, 0.29) is 5.79 Å². The van der Waals surface area contributed by atoms with Crippen LogP contribution in [0, 0.1) is 5.92 Å². The van der Waals surface area contributed by atoms with Gasteiger partial charge in [-0.15, -0.1) is 0 Å². The van der Waals surface area contributed by atoms with E-state index in [1.165, 1.54) is 6.42 Å². The first-order valence-electron chi connectivity index (χ1n) is 4.69. The van der Waals surface area contributed by atoms with Crippen molar-refractivity contribution in [2.24, 2.45) is 5.92 Å². The van der Waals surface area contributed by atoms with Gasteiger partial charge in [-0.25, -0.2) is 0 Å². The monoisotopic (exact) mass is 188 g/mol. The van der Waals surface area contributed by atoms with Crippen LogP contribution >= 0.6 is 0 Å². The summed E-state index contributed by atoms with van der Waals surface area (Å²) in [7, 11) is 0.326. The van der Waals surface area contributed by atoms with E-state index in [1.54, 1.807) is 7.11 Å². The minimum atomic E-state index is -1.43. The van der Waals surface area contributed by atoms with E-state index < -0.39 is 8.32 Å². The molecule has 0 saturated heterocycles. The highest BCUT2D eigenvalue weighted by Gasteiger charge is 2.56. The van der Waals surface area contributed by atoms with E-state index in [1.807, 2.05) is 0 Å². The van der Waals surface area contributed by atoms with Gasteiger partial charge in [0.2, 0.25) is 0 Å². The van der Waals surface area contributed by atoms with Gasteiger partial charge in [0.1, 0.15) is 0 Å². The van der Waals surface area contributed by atoms with Gasteiger partial charge in [0.25, 0.3) is 0 Å². The fourth-order valence-electron chi connectivity index (χ4n) is 1.67. The molecule has 0 spiro atoms. The third kappa shape index (κ3) is 2.09. The number of methoxy groups -OCH3 is 1. The summed E-state index contributed by atoms with van der Waals surface area (Å²) in [5.74, 6) is 0.438. The average Bonchev–Trinajstić information content (AvgIpc) is 2.60. The number of ether oxygens (including phenoxy) is 1. The molecule has 1 saturated carbocycles. The summed E-state index contributed by atoms with van der Waals surface area (Å²) in [4.78, 5) is 0. The predicted octanol–water partition coefficient (Wildman–Crippen LogP) is 2.61. The molecule has 0 N–H and O–H groups in total. The van der Waals surface area contributed by atoms with Gasteiger partial charge in [-0.1, -0.05) is 6.92 Å². The number of rotatable bonds is 4. The van der Waals surface area contributed by atoms with Crippen LogP contribution in [0.15, 0.2) is 0 Å². The number of hydrogen-bond acceptors (Lipinski definition) is 2. The molecule has 3 heteroatoms. The topological polar surface area (TPSA) is 18.5 Å². The standard InChI is InChI=1S/C9H20O2Si/c1-6-8-7-9(8,10-2)11-12(3,4)5/h8H,6-7H2,1-5H3/t8-,9?/m1/s1. The molecule has 2 atom stereocenters. The second kappa shape index (κ2) is 3.12. The lowest BCUT2D eigenvalue weighted by Crippen LogP contribution is -2.35. The van der Waals surface area contributed by atoms with E-state index in [4.69, 9.17) is 9.16 Å². The smallest absolute Gasteiger partial charge is 0.187 e. The largest absolute Gasteiger partial charge is 0.391 e. The molecule has 1 aliphatic carbocycles. The molecule has 2 nitrogen and oxygen atoms in total. The Morgan fingerprint density at radius 3 is 2.25 bits per heavy atom. The Balaban J connectivity index is 2.50. The van der Waals surface area contributed by atoms with Gasteiger partial charge < -0.3 is 9.16 Å². The molecule has 0 heterocycles. The van der Waals surface area contributed by atoms with Gasteiger partial charge >= 0.3 is 0 Å². The highest BCUT2D eigenvalue weighted by atomic mass is 28.4. The fourth-order valence-corrected chi connectivity index (χ4v) is 3.04. The summed E-state index contributed by atoms with van der Waals surface area (Å²) in [6.07, 6.45) is 2.25. The quantitative estimate of drug-likeness (QED) is 0.499. The SMILES string of the molecule is CC[C@@H]1CC1(OC)O[Si](C)(C)C. The minimum Gasteiger partial charge on any atom is -0.391 e. The van der Waals surface area contributed by atoms with Crippen molar-refractivity contribution in [2.45, 2.75) is 45.2 Å². The lowest BCUT2D eigenvalue weighted by Gasteiger charge is -2.26. The zero-order valence-corrected chi connectivity index (χ0v) is 9.81. The Morgan fingerprint density at radius 1 is 1.42 bits per heavy atom. The highest BCUT2D eigenvalue weighted by Crippen LogP contribution is 2.50. The molecular weight excluding hydrogens is 168 g/mol. The van der Waals surface area contributed by atoms with Gasteiger partial charge in [0.15, 0.2) is 14.1 Å². The van der Waals surface area contributed by atoms with Crippen LogP contribution in [0.25, 0.3) is 0 Å². The fraction of sp³-hybridized carbons (Fsp3) is 1.00. The van der Waals surface area contributed by atoms with Gasteiger partial charge in [0, 0.05) is 19.4 Å². The predicted molar refractivity (Wildman–Crippen MR) is 52.6 cm³/mol. The van der Waals surface area contributed by atoms with Crippen LogP contribution in [0.1, 0.15) is 19.8 Å². The third-order valence-corrected chi connectivity index (χ3v) is 3.27. The van der Waals surface area contributed by atoms with Crippen molar-refractivity contribution in [3.63, 3.8) is 0 Å². The maximum atomic E-state index is 6.01. The summed E-state index contributed by atoms with van der Waals surface area (Å²) in [5.41, 5.74) is 0. The average molecular weight is 188 g/mol. The molecule has 1 aliphatic rings. The molecule has 12 heavy (non-hydrogen) atoms. The van der Waals surface area contributed by atoms with E-state index in [0.29, 0.717) is 5.92 Å². The summed E-state index contributed by atoms with van der Waals surface area (Å²) in [5, 5.41) is 0. The Bertz CT molecular complexity index is 164. The van der Waals surface area contributed by atoms with Crippen LogP contribution in [0.2, 0.25) is 19.6 Å². The van der Waals surface area contributed by atoms with Gasteiger partial charge in [0.05, 0.1) is 0 Å². The molecule has 0 aromatic rings. The first kappa shape index (κ1) is 10.2. The van der Waals surface area contributed by atoms with E-state index >= 15 is 0 Å². The van der Waals surface area contributed by atoms with Crippen LogP contribution in [0.5, 0.6) is 0 Å². The van der Waals surface area contributed by atoms with Crippen molar-refractivity contribution in [3.8, 4) is 0 Å². The van der Waals surface area contributed by atoms with E-state index in [0.717, 1.165) is 6.42 Å². The van der Waals surface area contributed by atoms with Crippen LogP contribution in [-0.2, 0) is 9.16 Å². The Morgan fingerprint density at radius 2 is 2.00 bits per heavy atom. The Labute approximate surface area is 76.4 Å². The number of hydrogen-bond donors (Lipinski definition) is 0. The summed E-state index contributed by atoms with van der Waals surface area (Å²) < 4.78 is 11.4. The molecule has 0 aliphatic heterocycles. The molecule has 0 amide bonds. The molecule has 1 rings (SSSR count). The van der Waals surface area contributed by atoms with Crippen LogP contribution < -0.4 is 0 Å². The van der Waals surface area contributed by atoms with Gasteiger partial charge in [-0.3, -0.25) is 0 Å². The molecule has 72 valence electrons. The lowest BCUT2D eigenvalue weighted by molar-refractivity contribution is -0.0987. The first-order chi connectivity index (χ1) is 5.43. The van der Waals surface area contributed by atoms with E-state index in [9.17, 15) is 0 Å². The summed E-state index contributed by atoms with van der Waals surface area (Å²) in [6.45, 7) is 8.81. The molecule has 0 aromatic heterocycles. The molecule has 1 unspecified atom stereocenters. The van der Waals surface area contributed by atoms with Crippen LogP contribution in [-0.4, -0.2) is 21.2 Å². The minimum absolute atomic E-state index is 0.195. The van der Waals surface area contributed by atoms with Crippen molar-refractivity contribution < 1.29 is 9.16 Å². The zero-order chi connectivity index (χ0) is 9.41. The van der Waals surface area contributed by atoms with Crippen molar-refractivity contribution in [1.82, 2.24) is 0 Å². The summed E-state index contributed by atoms with van der Waals surface area (Å²) in [6, 6.07) is 0. The zero-order valence-electron chi connectivity index (χ0n) is 8.81. The maximum absolute atomic E-state index is 6.01. The van der Waals surface area contributed by atoms with Crippen molar-refractivity contribution >= 4 is 8.32 Å². The Kier molecular flexibility index (Phi) is 2.66. The second-order valence-electron chi connectivity index (χ2n) is 4.54. The van der Waals surface area contributed by atoms with Crippen molar-refractivity contribution in [1.29, 1.82) is 0 Å². The third-order valence-electron chi connectivity index (χ3n) is 2.31. The highest BCUT2D eigenvalue weighted by molar-refractivity contribution is 6.69. The molecule has 1 fully saturated rings. The van der Waals surface area contributed by atoms with Crippen LogP contribution in [0.3, 0.4) is 0 Å².